The third-order valence-electron chi connectivity index (χ3n) is 2.16. The number of ketones is 1. The first-order valence-electron chi connectivity index (χ1n) is 3.85. The molecule has 1 atom stereocenters. The summed E-state index contributed by atoms with van der Waals surface area (Å²) in [5.74, 6) is 0.0323. The smallest absolute Gasteiger partial charge is 0.197 e. The molecule has 0 saturated carbocycles. The summed E-state index contributed by atoms with van der Waals surface area (Å²) >= 11 is 0. The molecule has 0 aromatic carbocycles. The minimum absolute atomic E-state index is 0.0510. The predicted octanol–water partition coefficient (Wildman–Crippen LogP) is 2.06. The molecule has 0 aromatic rings. The molecule has 0 spiro atoms. The number of hydrogen-bond acceptors (Lipinski definition) is 2. The SMILES string of the molecule is CC(C)(C)C1C=C(O)C(=O)C1. The van der Waals surface area contributed by atoms with Gasteiger partial charge in [0.2, 0.25) is 0 Å². The summed E-state index contributed by atoms with van der Waals surface area (Å²) < 4.78 is 0. The maximum Gasteiger partial charge on any atom is 0.197 e. The van der Waals surface area contributed by atoms with Crippen molar-refractivity contribution in [1.82, 2.24) is 0 Å². The van der Waals surface area contributed by atoms with Gasteiger partial charge >= 0.3 is 0 Å². The summed E-state index contributed by atoms with van der Waals surface area (Å²) in [6, 6.07) is 0. The zero-order valence-corrected chi connectivity index (χ0v) is 7.22. The second kappa shape index (κ2) is 2.36. The van der Waals surface area contributed by atoms with Gasteiger partial charge < -0.3 is 5.11 Å². The zero-order valence-electron chi connectivity index (χ0n) is 7.22. The van der Waals surface area contributed by atoms with Crippen molar-refractivity contribution in [2.24, 2.45) is 11.3 Å². The van der Waals surface area contributed by atoms with E-state index in [0.29, 0.717) is 6.42 Å². The largest absolute Gasteiger partial charge is 0.505 e. The van der Waals surface area contributed by atoms with Crippen LogP contribution in [0, 0.1) is 11.3 Å². The van der Waals surface area contributed by atoms with Crippen LogP contribution in [-0.4, -0.2) is 10.9 Å². The van der Waals surface area contributed by atoms with E-state index in [1.165, 1.54) is 0 Å². The summed E-state index contributed by atoms with van der Waals surface area (Å²) in [5, 5.41) is 9.04. The van der Waals surface area contributed by atoms with Gasteiger partial charge in [-0.05, 0) is 17.4 Å². The lowest BCUT2D eigenvalue weighted by Crippen LogP contribution is -2.17. The summed E-state index contributed by atoms with van der Waals surface area (Å²) in [6.45, 7) is 6.21. The van der Waals surface area contributed by atoms with Crippen LogP contribution in [0.4, 0.5) is 0 Å². The third-order valence-corrected chi connectivity index (χ3v) is 2.16. The maximum atomic E-state index is 10.9. The van der Waals surface area contributed by atoms with Crippen molar-refractivity contribution < 1.29 is 9.90 Å². The Bertz CT molecular complexity index is 208. The molecule has 1 aliphatic carbocycles. The zero-order chi connectivity index (χ0) is 8.65. The van der Waals surface area contributed by atoms with Gasteiger partial charge in [0.25, 0.3) is 0 Å². The van der Waals surface area contributed by atoms with Crippen LogP contribution >= 0.6 is 0 Å². The molecule has 2 nitrogen and oxygen atoms in total. The van der Waals surface area contributed by atoms with Crippen molar-refractivity contribution in [2.45, 2.75) is 27.2 Å². The monoisotopic (exact) mass is 154 g/mol. The molecule has 11 heavy (non-hydrogen) atoms. The normalized spacial score (nSPS) is 25.5. The number of hydrogen-bond donors (Lipinski definition) is 1. The quantitative estimate of drug-likeness (QED) is 0.580. The molecule has 1 aliphatic rings. The Morgan fingerprint density at radius 1 is 1.55 bits per heavy atom. The van der Waals surface area contributed by atoms with Crippen LogP contribution in [0.3, 0.4) is 0 Å². The Balaban J connectivity index is 2.76. The number of carbonyl (C=O) groups is 1. The Morgan fingerprint density at radius 2 is 2.09 bits per heavy atom. The highest BCUT2D eigenvalue weighted by Gasteiger charge is 2.31. The first-order valence-corrected chi connectivity index (χ1v) is 3.85. The number of aliphatic hydroxyl groups excluding tert-OH is 1. The average Bonchev–Trinajstić information content (AvgIpc) is 2.11. The van der Waals surface area contributed by atoms with Gasteiger partial charge in [0.15, 0.2) is 11.5 Å². The fourth-order valence-electron chi connectivity index (χ4n) is 1.20. The number of allylic oxidation sites excluding steroid dienone is 2. The van der Waals surface area contributed by atoms with Gasteiger partial charge in [-0.3, -0.25) is 4.79 Å². The molecule has 0 heterocycles. The van der Waals surface area contributed by atoms with Gasteiger partial charge in [-0.25, -0.2) is 0 Å². The van der Waals surface area contributed by atoms with Gasteiger partial charge in [-0.2, -0.15) is 0 Å². The lowest BCUT2D eigenvalue weighted by Gasteiger charge is -2.23. The van der Waals surface area contributed by atoms with Crippen LogP contribution in [0.15, 0.2) is 11.8 Å². The van der Waals surface area contributed by atoms with Crippen LogP contribution in [0.1, 0.15) is 27.2 Å². The van der Waals surface area contributed by atoms with Crippen molar-refractivity contribution in [3.05, 3.63) is 11.8 Å². The Morgan fingerprint density at radius 3 is 2.27 bits per heavy atom. The molecule has 1 N–H and O–H groups in total. The van der Waals surface area contributed by atoms with Gasteiger partial charge in [0.1, 0.15) is 0 Å². The number of rotatable bonds is 0. The molecule has 0 amide bonds. The first kappa shape index (κ1) is 8.31. The van der Waals surface area contributed by atoms with Crippen LogP contribution in [0.25, 0.3) is 0 Å². The molecular weight excluding hydrogens is 140 g/mol. The molecule has 0 aromatic heterocycles. The molecule has 2 heteroatoms. The molecule has 0 fully saturated rings. The molecule has 0 bridgehead atoms. The van der Waals surface area contributed by atoms with E-state index in [4.69, 9.17) is 5.11 Å². The minimum Gasteiger partial charge on any atom is -0.505 e. The van der Waals surface area contributed by atoms with Crippen LogP contribution < -0.4 is 0 Å². The van der Waals surface area contributed by atoms with Crippen molar-refractivity contribution >= 4 is 5.78 Å². The highest BCUT2D eigenvalue weighted by atomic mass is 16.3. The van der Waals surface area contributed by atoms with Gasteiger partial charge in [-0.15, -0.1) is 0 Å². The number of carbonyl (C=O) groups excluding carboxylic acids is 1. The van der Waals surface area contributed by atoms with Gasteiger partial charge in [0, 0.05) is 6.42 Å². The van der Waals surface area contributed by atoms with E-state index >= 15 is 0 Å². The molecule has 0 saturated heterocycles. The maximum absolute atomic E-state index is 10.9. The van der Waals surface area contributed by atoms with E-state index < -0.39 is 0 Å². The number of aliphatic hydroxyl groups is 1. The van der Waals surface area contributed by atoms with Crippen molar-refractivity contribution in [2.75, 3.05) is 0 Å². The topological polar surface area (TPSA) is 37.3 Å². The summed E-state index contributed by atoms with van der Waals surface area (Å²) in [5.41, 5.74) is 0.0835. The highest BCUT2D eigenvalue weighted by molar-refractivity contribution is 5.95. The van der Waals surface area contributed by atoms with Crippen LogP contribution in [0.5, 0.6) is 0 Å². The molecule has 62 valence electrons. The Labute approximate surface area is 66.9 Å². The third kappa shape index (κ3) is 1.62. The lowest BCUT2D eigenvalue weighted by molar-refractivity contribution is -0.117. The van der Waals surface area contributed by atoms with E-state index in [0.717, 1.165) is 0 Å². The van der Waals surface area contributed by atoms with Crippen LogP contribution in [-0.2, 0) is 4.79 Å². The molecular formula is C9H14O2. The highest BCUT2D eigenvalue weighted by Crippen LogP contribution is 2.34. The van der Waals surface area contributed by atoms with Crippen molar-refractivity contribution in [3.8, 4) is 0 Å². The predicted molar refractivity (Wildman–Crippen MR) is 43.3 cm³/mol. The van der Waals surface area contributed by atoms with E-state index in [1.54, 1.807) is 6.08 Å². The van der Waals surface area contributed by atoms with E-state index in [-0.39, 0.29) is 22.9 Å². The standard InChI is InChI=1S/C9H14O2/c1-9(2,3)6-4-7(10)8(11)5-6/h4,6,10H,5H2,1-3H3. The van der Waals surface area contributed by atoms with Crippen molar-refractivity contribution in [1.29, 1.82) is 0 Å². The molecule has 0 aliphatic heterocycles. The Kier molecular flexibility index (Phi) is 1.78. The lowest BCUT2D eigenvalue weighted by atomic mass is 9.80. The van der Waals surface area contributed by atoms with Crippen LogP contribution in [0.2, 0.25) is 0 Å². The summed E-state index contributed by atoms with van der Waals surface area (Å²) in [7, 11) is 0. The Hall–Kier alpha value is -0.790. The summed E-state index contributed by atoms with van der Waals surface area (Å²) in [4.78, 5) is 10.9. The average molecular weight is 154 g/mol. The number of Topliss-reactive ketones (excluding diaryl/α,β-unsaturated/α-hetero) is 1. The fraction of sp³-hybridized carbons (Fsp3) is 0.667. The van der Waals surface area contributed by atoms with E-state index in [1.807, 2.05) is 0 Å². The first-order chi connectivity index (χ1) is 4.91. The molecule has 0 radical (unpaired) electrons. The second-order valence-corrected chi connectivity index (χ2v) is 4.15. The fourth-order valence-corrected chi connectivity index (χ4v) is 1.20. The van der Waals surface area contributed by atoms with Gasteiger partial charge in [-0.1, -0.05) is 20.8 Å². The second-order valence-electron chi connectivity index (χ2n) is 4.15. The summed E-state index contributed by atoms with van der Waals surface area (Å²) in [6.07, 6.45) is 2.14. The minimum atomic E-state index is -0.120. The molecule has 1 unspecified atom stereocenters. The van der Waals surface area contributed by atoms with Gasteiger partial charge in [0.05, 0.1) is 0 Å². The molecule has 1 rings (SSSR count). The van der Waals surface area contributed by atoms with E-state index in [9.17, 15) is 4.79 Å². The van der Waals surface area contributed by atoms with Crippen molar-refractivity contribution in [3.63, 3.8) is 0 Å². The van der Waals surface area contributed by atoms with E-state index in [2.05, 4.69) is 20.8 Å².